The molecule has 0 atom stereocenters. The smallest absolute Gasteiger partial charge is 0.331 e. The van der Waals surface area contributed by atoms with Crippen molar-refractivity contribution in [2.75, 3.05) is 211 Å². The van der Waals surface area contributed by atoms with Gasteiger partial charge in [0.25, 0.3) is 11.8 Å². The molecule has 0 aromatic heterocycles. The highest BCUT2D eigenvalue weighted by atomic mass is 16.7. The number of amides is 2. The lowest BCUT2D eigenvalue weighted by Crippen LogP contribution is -2.31. The molecule has 3 aromatic carbocycles. The van der Waals surface area contributed by atoms with Crippen LogP contribution < -0.4 is 15.4 Å². The summed E-state index contributed by atoms with van der Waals surface area (Å²) in [5.74, 6) is 3.13. The minimum absolute atomic E-state index is 0.0584. The third kappa shape index (κ3) is 51.2. The third-order valence-electron chi connectivity index (χ3n) is 13.3. The number of nitrogens with two attached hydrogens (primary N) is 1. The molecule has 618 valence electrons. The maximum absolute atomic E-state index is 12.2. The summed E-state index contributed by atoms with van der Waals surface area (Å²) in [4.78, 5) is 82.9. The van der Waals surface area contributed by atoms with Gasteiger partial charge in [0.05, 0.1) is 209 Å². The number of rotatable bonds is 59. The lowest BCUT2D eigenvalue weighted by Gasteiger charge is -2.18. The van der Waals surface area contributed by atoms with Crippen LogP contribution in [0.5, 0.6) is 11.5 Å². The molecule has 0 spiro atoms. The van der Waals surface area contributed by atoms with Crippen molar-refractivity contribution in [3.63, 3.8) is 0 Å². The molecule has 0 bridgehead atoms. The molecule has 0 saturated heterocycles. The molecule has 0 aliphatic carbocycles. The Kier molecular flexibility index (Phi) is 50.6. The highest BCUT2D eigenvalue weighted by Gasteiger charge is 2.36. The largest absolute Gasteiger partial charge is 0.491 e. The summed E-state index contributed by atoms with van der Waals surface area (Å²) in [5, 5.41) is 0.768. The molecule has 3 aromatic rings. The number of ether oxygens (including phenoxy) is 20. The van der Waals surface area contributed by atoms with Crippen LogP contribution in [0.4, 0.5) is 0 Å². The van der Waals surface area contributed by atoms with E-state index < -0.39 is 58.1 Å². The van der Waals surface area contributed by atoms with Crippen LogP contribution in [0.1, 0.15) is 126 Å². The van der Waals surface area contributed by atoms with Crippen LogP contribution in [0.3, 0.4) is 0 Å². The van der Waals surface area contributed by atoms with E-state index >= 15 is 0 Å². The second kappa shape index (κ2) is 57.6. The average Bonchev–Trinajstić information content (AvgIpc) is 1.64. The van der Waals surface area contributed by atoms with Gasteiger partial charge in [-0.25, -0.2) is 25.1 Å². The number of esters is 4. The summed E-state index contributed by atoms with van der Waals surface area (Å²) in [5.41, 5.74) is 1.02. The van der Waals surface area contributed by atoms with E-state index in [2.05, 4.69) is 4.84 Å². The fourth-order valence-electron chi connectivity index (χ4n) is 8.67. The summed E-state index contributed by atoms with van der Waals surface area (Å²) in [7, 11) is 0. The molecule has 1 aliphatic rings. The standard InChI is InChI=1S/C44H61NO15.C36H59NO13/c1-43(2,3)59-39(46)15-12-34-11-13-35(14-16-40(47)60-44(4,5)6)38(33-34)57-31-29-55-27-25-53-23-21-51-19-17-50-18-20-52-22-24-54-26-28-56-30-32-58-45-41(48)36-9-7-8-10-37(36)42(45)49;1-35(2,3)49-33(38)11-8-30-7-9-31(10-12-34(39)50-36(4,5)6)32(29-30)47-27-25-45-23-21-43-19-17-41-15-13-40-14-16-42-18-20-44-22-24-46-26-28-48-37/h7-16,33H,17-32H2,1-6H3;7-12,29H,13-28,37H2,1-6H3/b15-12+,16-14+;11-8+,12-10+. The van der Waals surface area contributed by atoms with E-state index in [0.717, 1.165) is 10.6 Å². The third-order valence-corrected chi connectivity index (χ3v) is 13.3. The van der Waals surface area contributed by atoms with Crippen molar-refractivity contribution in [2.45, 2.75) is 105 Å². The summed E-state index contributed by atoms with van der Waals surface area (Å²) in [6.45, 7) is 34.1. The van der Waals surface area contributed by atoms with Crippen LogP contribution in [0.2, 0.25) is 0 Å². The van der Waals surface area contributed by atoms with Gasteiger partial charge in [0.2, 0.25) is 0 Å². The van der Waals surface area contributed by atoms with Crippen LogP contribution in [-0.2, 0) is 114 Å². The normalized spacial score (nSPS) is 12.7. The Morgan fingerprint density at radius 2 is 0.536 bits per heavy atom. The molecule has 1 heterocycles. The van der Waals surface area contributed by atoms with Crippen molar-refractivity contribution in [1.29, 1.82) is 0 Å². The summed E-state index contributed by atoms with van der Waals surface area (Å²) in [6.07, 6.45) is 11.9. The molecule has 0 fully saturated rings. The van der Waals surface area contributed by atoms with E-state index in [1.54, 1.807) is 162 Å². The van der Waals surface area contributed by atoms with Crippen LogP contribution >= 0.6 is 0 Å². The lowest BCUT2D eigenvalue weighted by atomic mass is 10.1. The van der Waals surface area contributed by atoms with Crippen molar-refractivity contribution >= 4 is 60.0 Å². The fourth-order valence-corrected chi connectivity index (χ4v) is 8.67. The lowest BCUT2D eigenvalue weighted by molar-refractivity contribution is -0.149. The Hall–Kier alpha value is -7.44. The summed E-state index contributed by atoms with van der Waals surface area (Å²) >= 11 is 0. The number of benzene rings is 3. The first kappa shape index (κ1) is 96.8. The van der Waals surface area contributed by atoms with E-state index in [-0.39, 0.29) is 26.4 Å². The highest BCUT2D eigenvalue weighted by Crippen LogP contribution is 2.27. The number of fused-ring (bicyclic) bond motifs is 1. The predicted octanol–water partition coefficient (Wildman–Crippen LogP) is 8.90. The Morgan fingerprint density at radius 1 is 0.309 bits per heavy atom. The monoisotopic (exact) mass is 1560 g/mol. The van der Waals surface area contributed by atoms with E-state index in [1.165, 1.54) is 24.3 Å². The maximum Gasteiger partial charge on any atom is 0.331 e. The number of hydrogen-bond donors (Lipinski definition) is 1. The SMILES string of the molecule is CC(C)(C)OC(=O)/C=C/c1ccc(/C=C/C(=O)OC(C)(C)C)c(OCCOCCOCCOCCOCCOCCOCCOCCON)c1.CC(C)(C)OC(=O)/C=C/c1ccc(/C=C/C(=O)OC(C)(C)C)c(OCCOCCOCCOCCOCCOCCOCCOCCON2C(=O)c3ccccc3C2=O)c1. The van der Waals surface area contributed by atoms with Gasteiger partial charge in [-0.15, -0.1) is 5.06 Å². The highest BCUT2D eigenvalue weighted by molar-refractivity contribution is 6.20. The Balaban J connectivity index is 0.000000581. The van der Waals surface area contributed by atoms with Crippen molar-refractivity contribution in [2.24, 2.45) is 5.90 Å². The molecule has 30 heteroatoms. The first-order valence-electron chi connectivity index (χ1n) is 36.8. The topological polar surface area (TPSA) is 335 Å². The van der Waals surface area contributed by atoms with Crippen LogP contribution in [0.25, 0.3) is 24.3 Å². The van der Waals surface area contributed by atoms with Crippen LogP contribution in [-0.4, -0.2) is 275 Å². The average molecular weight is 1560 g/mol. The molecule has 0 unspecified atom stereocenters. The van der Waals surface area contributed by atoms with Crippen molar-refractivity contribution in [3.8, 4) is 11.5 Å². The number of nitrogens with zero attached hydrogens (tertiary/aromatic N) is 1. The van der Waals surface area contributed by atoms with Gasteiger partial charge in [-0.3, -0.25) is 14.4 Å². The van der Waals surface area contributed by atoms with Crippen LogP contribution in [0.15, 0.2) is 85.0 Å². The molecular formula is C80H120N2O28. The van der Waals surface area contributed by atoms with Crippen LogP contribution in [0, 0.1) is 0 Å². The molecule has 1 aliphatic heterocycles. The van der Waals surface area contributed by atoms with Gasteiger partial charge < -0.3 is 99.6 Å². The molecule has 2 amide bonds. The Bertz CT molecular complexity index is 3150. The van der Waals surface area contributed by atoms with Gasteiger partial charge in [0, 0.05) is 35.4 Å². The quantitative estimate of drug-likeness (QED) is 0.0138. The van der Waals surface area contributed by atoms with E-state index in [0.29, 0.717) is 224 Å². The first-order valence-corrected chi connectivity index (χ1v) is 36.8. The number of hydroxylamine groups is 2. The van der Waals surface area contributed by atoms with Gasteiger partial charge >= 0.3 is 23.9 Å². The molecular weight excluding hydrogens is 1440 g/mol. The zero-order chi connectivity index (χ0) is 80.6. The van der Waals surface area contributed by atoms with Gasteiger partial charge in [-0.2, -0.15) is 0 Å². The fraction of sp³-hybridized carbons (Fsp3) is 0.600. The number of carbonyl (C=O) groups excluding carboxylic acids is 6. The maximum atomic E-state index is 12.2. The van der Waals surface area contributed by atoms with E-state index in [4.69, 9.17) is 105 Å². The first-order chi connectivity index (χ1) is 52.6. The van der Waals surface area contributed by atoms with Gasteiger partial charge in [-0.05, 0) is 143 Å². The molecule has 2 N–H and O–H groups in total. The number of carbonyl (C=O) groups is 6. The molecule has 0 radical (unpaired) electrons. The van der Waals surface area contributed by atoms with Crippen molar-refractivity contribution in [1.82, 2.24) is 5.06 Å². The second-order valence-electron chi connectivity index (χ2n) is 27.5. The van der Waals surface area contributed by atoms with Gasteiger partial charge in [-0.1, -0.05) is 36.4 Å². The van der Waals surface area contributed by atoms with Gasteiger partial charge in [0.15, 0.2) is 0 Å². The van der Waals surface area contributed by atoms with Crippen molar-refractivity contribution in [3.05, 3.63) is 118 Å². The molecule has 4 rings (SSSR count). The minimum atomic E-state index is -0.616. The molecule has 110 heavy (non-hydrogen) atoms. The van der Waals surface area contributed by atoms with E-state index in [1.807, 2.05) is 6.07 Å². The Morgan fingerprint density at radius 3 is 0.782 bits per heavy atom. The molecule has 30 nitrogen and oxygen atoms in total. The van der Waals surface area contributed by atoms with Gasteiger partial charge in [0.1, 0.15) is 47.1 Å². The zero-order valence-corrected chi connectivity index (χ0v) is 66.5. The zero-order valence-electron chi connectivity index (χ0n) is 66.5. The van der Waals surface area contributed by atoms with E-state index in [9.17, 15) is 28.8 Å². The summed E-state index contributed by atoms with van der Waals surface area (Å²) < 4.78 is 110. The number of hydrogen-bond acceptors (Lipinski definition) is 29. The number of imide groups is 1. The minimum Gasteiger partial charge on any atom is -0.491 e. The summed E-state index contributed by atoms with van der Waals surface area (Å²) in [6, 6.07) is 17.3. The Labute approximate surface area is 648 Å². The molecule has 0 saturated carbocycles. The second-order valence-corrected chi connectivity index (χ2v) is 27.5. The predicted molar refractivity (Wildman–Crippen MR) is 408 cm³/mol. The van der Waals surface area contributed by atoms with Crippen molar-refractivity contribution < 1.29 is 133 Å².